The molecular weight excluding hydrogens is 310 g/mol. The van der Waals surface area contributed by atoms with Gasteiger partial charge in [0.25, 0.3) is 0 Å². The molecule has 0 aliphatic rings. The number of aromatic amines is 1. The van der Waals surface area contributed by atoms with E-state index < -0.39 is 0 Å². The Bertz CT molecular complexity index is 1240. The van der Waals surface area contributed by atoms with Gasteiger partial charge in [0.15, 0.2) is 5.82 Å². The van der Waals surface area contributed by atoms with E-state index in [-0.39, 0.29) is 0 Å². The number of rotatable bonds is 2. The van der Waals surface area contributed by atoms with Crippen molar-refractivity contribution in [2.45, 2.75) is 6.92 Å². The fourth-order valence-corrected chi connectivity index (χ4v) is 3.19. The standard InChI is InChI=1S/C20H15N5/c1-12-4-6-17-15(9-12)18-19(25-17)20(23-11-22-18)24-14-5-7-16-13(10-14)3-2-8-21-16/h2-11,25H,1H3,(H,22,23,24). The van der Waals surface area contributed by atoms with E-state index in [1.165, 1.54) is 5.56 Å². The summed E-state index contributed by atoms with van der Waals surface area (Å²) in [5.41, 5.74) is 6.06. The van der Waals surface area contributed by atoms with Gasteiger partial charge in [0.05, 0.1) is 5.52 Å². The molecule has 0 unspecified atom stereocenters. The van der Waals surface area contributed by atoms with Crippen LogP contribution in [0.25, 0.3) is 32.8 Å². The largest absolute Gasteiger partial charge is 0.350 e. The number of nitrogens with one attached hydrogen (secondary N) is 2. The smallest absolute Gasteiger partial charge is 0.158 e. The van der Waals surface area contributed by atoms with Crippen molar-refractivity contribution in [2.24, 2.45) is 0 Å². The maximum absolute atomic E-state index is 4.47. The third kappa shape index (κ3) is 2.29. The summed E-state index contributed by atoms with van der Waals surface area (Å²) in [5.74, 6) is 0.766. The van der Waals surface area contributed by atoms with Crippen LogP contribution in [0.1, 0.15) is 5.56 Å². The molecule has 0 aliphatic heterocycles. The van der Waals surface area contributed by atoms with Crippen LogP contribution in [-0.4, -0.2) is 19.9 Å². The Labute approximate surface area is 143 Å². The van der Waals surface area contributed by atoms with Crippen molar-refractivity contribution in [3.05, 3.63) is 66.6 Å². The molecule has 0 fully saturated rings. The molecule has 5 rings (SSSR count). The molecule has 5 heteroatoms. The molecule has 5 nitrogen and oxygen atoms in total. The van der Waals surface area contributed by atoms with E-state index in [4.69, 9.17) is 0 Å². The van der Waals surface area contributed by atoms with Gasteiger partial charge in [-0.25, -0.2) is 9.97 Å². The number of H-pyrrole nitrogens is 1. The lowest BCUT2D eigenvalue weighted by Gasteiger charge is -2.07. The van der Waals surface area contributed by atoms with Crippen molar-refractivity contribution in [3.8, 4) is 0 Å². The van der Waals surface area contributed by atoms with Crippen LogP contribution in [-0.2, 0) is 0 Å². The highest BCUT2D eigenvalue weighted by Crippen LogP contribution is 2.30. The molecule has 0 radical (unpaired) electrons. The van der Waals surface area contributed by atoms with E-state index in [0.29, 0.717) is 0 Å². The molecular formula is C20H15N5. The molecule has 3 heterocycles. The maximum Gasteiger partial charge on any atom is 0.158 e. The molecule has 0 saturated heterocycles. The molecule has 3 aromatic heterocycles. The van der Waals surface area contributed by atoms with Gasteiger partial charge in [-0.1, -0.05) is 17.7 Å². The number of hydrogen-bond acceptors (Lipinski definition) is 4. The fourth-order valence-electron chi connectivity index (χ4n) is 3.19. The Hall–Kier alpha value is -3.47. The van der Waals surface area contributed by atoms with Crippen LogP contribution < -0.4 is 5.32 Å². The predicted molar refractivity (Wildman–Crippen MR) is 101 cm³/mol. The Morgan fingerprint density at radius 1 is 0.960 bits per heavy atom. The Kier molecular flexibility index (Phi) is 2.94. The highest BCUT2D eigenvalue weighted by molar-refractivity contribution is 6.08. The molecule has 5 aromatic rings. The van der Waals surface area contributed by atoms with E-state index >= 15 is 0 Å². The average Bonchev–Trinajstić information content (AvgIpc) is 3.01. The van der Waals surface area contributed by atoms with Crippen LogP contribution in [0.3, 0.4) is 0 Å². The normalized spacial score (nSPS) is 11.4. The van der Waals surface area contributed by atoms with Crippen molar-refractivity contribution < 1.29 is 0 Å². The summed E-state index contributed by atoms with van der Waals surface area (Å²) in [7, 11) is 0. The topological polar surface area (TPSA) is 66.5 Å². The minimum absolute atomic E-state index is 0.766. The predicted octanol–water partition coefficient (Wildman–Crippen LogP) is 4.71. The van der Waals surface area contributed by atoms with E-state index in [0.717, 1.165) is 44.3 Å². The molecule has 0 bridgehead atoms. The third-order valence-electron chi connectivity index (χ3n) is 4.40. The van der Waals surface area contributed by atoms with Gasteiger partial charge in [0.2, 0.25) is 0 Å². The molecule has 0 saturated carbocycles. The number of aromatic nitrogens is 4. The second kappa shape index (κ2) is 5.27. The second-order valence-electron chi connectivity index (χ2n) is 6.16. The summed E-state index contributed by atoms with van der Waals surface area (Å²) >= 11 is 0. The Morgan fingerprint density at radius 3 is 2.88 bits per heavy atom. The highest BCUT2D eigenvalue weighted by Gasteiger charge is 2.11. The summed E-state index contributed by atoms with van der Waals surface area (Å²) in [5, 5.41) is 5.61. The van der Waals surface area contributed by atoms with Gasteiger partial charge in [-0.2, -0.15) is 0 Å². The number of benzene rings is 2. The van der Waals surface area contributed by atoms with Gasteiger partial charge in [-0.15, -0.1) is 0 Å². The summed E-state index contributed by atoms with van der Waals surface area (Å²) < 4.78 is 0. The minimum atomic E-state index is 0.766. The summed E-state index contributed by atoms with van der Waals surface area (Å²) in [6.45, 7) is 2.09. The van der Waals surface area contributed by atoms with Crippen LogP contribution >= 0.6 is 0 Å². The maximum atomic E-state index is 4.47. The number of hydrogen-bond donors (Lipinski definition) is 2. The van der Waals surface area contributed by atoms with Crippen molar-refractivity contribution in [1.29, 1.82) is 0 Å². The van der Waals surface area contributed by atoms with Gasteiger partial charge in [0, 0.05) is 28.2 Å². The summed E-state index contributed by atoms with van der Waals surface area (Å²) in [6.07, 6.45) is 3.40. The number of nitrogens with zero attached hydrogens (tertiary/aromatic N) is 3. The molecule has 25 heavy (non-hydrogen) atoms. The highest BCUT2D eigenvalue weighted by atomic mass is 15.0. The molecule has 0 aliphatic carbocycles. The van der Waals surface area contributed by atoms with Crippen molar-refractivity contribution in [2.75, 3.05) is 5.32 Å². The summed E-state index contributed by atoms with van der Waals surface area (Å²) in [4.78, 5) is 16.7. The lowest BCUT2D eigenvalue weighted by Crippen LogP contribution is -1.95. The molecule has 0 spiro atoms. The van der Waals surface area contributed by atoms with E-state index in [1.807, 2.05) is 18.2 Å². The van der Waals surface area contributed by atoms with Crippen LogP contribution in [0, 0.1) is 6.92 Å². The lowest BCUT2D eigenvalue weighted by atomic mass is 10.1. The second-order valence-corrected chi connectivity index (χ2v) is 6.16. The van der Waals surface area contributed by atoms with Crippen molar-refractivity contribution in [1.82, 2.24) is 19.9 Å². The van der Waals surface area contributed by atoms with E-state index in [2.05, 4.69) is 62.5 Å². The SMILES string of the molecule is Cc1ccc2[nH]c3c(Nc4ccc5ncccc5c4)ncnc3c2c1. The van der Waals surface area contributed by atoms with Crippen LogP contribution in [0.5, 0.6) is 0 Å². The molecule has 2 N–H and O–H groups in total. The molecule has 0 atom stereocenters. The van der Waals surface area contributed by atoms with Crippen molar-refractivity contribution >= 4 is 44.3 Å². The zero-order chi connectivity index (χ0) is 16.8. The number of anilines is 2. The number of pyridine rings is 1. The van der Waals surface area contributed by atoms with Gasteiger partial charge in [0.1, 0.15) is 17.4 Å². The molecule has 2 aromatic carbocycles. The Morgan fingerprint density at radius 2 is 1.92 bits per heavy atom. The van der Waals surface area contributed by atoms with E-state index in [9.17, 15) is 0 Å². The quantitative estimate of drug-likeness (QED) is 0.493. The fraction of sp³-hybridized carbons (Fsp3) is 0.0500. The summed E-state index contributed by atoms with van der Waals surface area (Å²) in [6, 6.07) is 16.4. The minimum Gasteiger partial charge on any atom is -0.350 e. The average molecular weight is 325 g/mol. The van der Waals surface area contributed by atoms with Crippen molar-refractivity contribution in [3.63, 3.8) is 0 Å². The molecule has 0 amide bonds. The van der Waals surface area contributed by atoms with Crippen LogP contribution in [0.15, 0.2) is 61.1 Å². The zero-order valence-corrected chi connectivity index (χ0v) is 13.6. The number of aryl methyl sites for hydroxylation is 1. The van der Waals surface area contributed by atoms with Gasteiger partial charge in [-0.05, 0) is 43.3 Å². The van der Waals surface area contributed by atoms with Crippen LogP contribution in [0.2, 0.25) is 0 Å². The van der Waals surface area contributed by atoms with Crippen LogP contribution in [0.4, 0.5) is 11.5 Å². The molecule has 120 valence electrons. The third-order valence-corrected chi connectivity index (χ3v) is 4.40. The van der Waals surface area contributed by atoms with Gasteiger partial charge in [-0.3, -0.25) is 4.98 Å². The monoisotopic (exact) mass is 325 g/mol. The van der Waals surface area contributed by atoms with E-state index in [1.54, 1.807) is 12.5 Å². The zero-order valence-electron chi connectivity index (χ0n) is 13.6. The van der Waals surface area contributed by atoms with Gasteiger partial charge >= 0.3 is 0 Å². The lowest BCUT2D eigenvalue weighted by molar-refractivity contribution is 1.22. The first-order valence-electron chi connectivity index (χ1n) is 8.13. The Balaban J connectivity index is 1.65. The number of fused-ring (bicyclic) bond motifs is 4. The first kappa shape index (κ1) is 13.9. The first-order chi connectivity index (χ1) is 12.3. The first-order valence-corrected chi connectivity index (χ1v) is 8.13. The van der Waals surface area contributed by atoms with Gasteiger partial charge < -0.3 is 10.3 Å².